The first-order valence-corrected chi connectivity index (χ1v) is 5.23. The van der Waals surface area contributed by atoms with E-state index < -0.39 is 0 Å². The predicted molar refractivity (Wildman–Crippen MR) is 61.6 cm³/mol. The molecule has 0 aliphatic carbocycles. The minimum Gasteiger partial charge on any atom is -0.464 e. The molecule has 2 N–H and O–H groups in total. The molecule has 1 aromatic heterocycles. The van der Waals surface area contributed by atoms with Gasteiger partial charge in [-0.05, 0) is 12.1 Å². The summed E-state index contributed by atoms with van der Waals surface area (Å²) in [4.78, 5) is 14.1. The SMILES string of the molecule is COC(=O)c1ccc(CNCC(OC)OC)[nH]1. The Kier molecular flexibility index (Phi) is 5.68. The average Bonchev–Trinajstić information content (AvgIpc) is 2.82. The molecule has 0 saturated heterocycles. The molecule has 1 aromatic rings. The highest BCUT2D eigenvalue weighted by molar-refractivity contribution is 5.87. The van der Waals surface area contributed by atoms with Gasteiger partial charge in [-0.1, -0.05) is 0 Å². The summed E-state index contributed by atoms with van der Waals surface area (Å²) in [5.74, 6) is -0.372. The van der Waals surface area contributed by atoms with Gasteiger partial charge in [0.2, 0.25) is 0 Å². The van der Waals surface area contributed by atoms with E-state index in [1.165, 1.54) is 7.11 Å². The Bertz CT molecular complexity index is 347. The maximum absolute atomic E-state index is 11.2. The lowest BCUT2D eigenvalue weighted by atomic mass is 10.4. The third-order valence-corrected chi connectivity index (χ3v) is 2.30. The van der Waals surface area contributed by atoms with Crippen LogP contribution in [0, 0.1) is 0 Å². The molecule has 0 fully saturated rings. The van der Waals surface area contributed by atoms with Crippen LogP contribution >= 0.6 is 0 Å². The van der Waals surface area contributed by atoms with Crippen molar-refractivity contribution in [3.8, 4) is 0 Å². The minimum absolute atomic E-state index is 0.273. The molecule has 1 heterocycles. The molecular formula is C11H18N2O4. The van der Waals surface area contributed by atoms with Gasteiger partial charge in [0.05, 0.1) is 7.11 Å². The lowest BCUT2D eigenvalue weighted by Crippen LogP contribution is -2.29. The highest BCUT2D eigenvalue weighted by atomic mass is 16.7. The standard InChI is InChI=1S/C11H18N2O4/c1-15-10(16-2)7-12-6-8-4-5-9(13-8)11(14)17-3/h4-5,10,12-13H,6-7H2,1-3H3. The number of aromatic nitrogens is 1. The summed E-state index contributed by atoms with van der Waals surface area (Å²) in [6.07, 6.45) is -0.273. The van der Waals surface area contributed by atoms with Crippen molar-refractivity contribution in [3.63, 3.8) is 0 Å². The highest BCUT2D eigenvalue weighted by Gasteiger charge is 2.08. The van der Waals surface area contributed by atoms with E-state index in [0.717, 1.165) is 5.69 Å². The first-order valence-electron chi connectivity index (χ1n) is 5.23. The van der Waals surface area contributed by atoms with Gasteiger partial charge in [-0.15, -0.1) is 0 Å². The van der Waals surface area contributed by atoms with Crippen molar-refractivity contribution in [1.82, 2.24) is 10.3 Å². The molecule has 0 bridgehead atoms. The fraction of sp³-hybridized carbons (Fsp3) is 0.545. The second-order valence-corrected chi connectivity index (χ2v) is 3.42. The van der Waals surface area contributed by atoms with Crippen LogP contribution in [0.4, 0.5) is 0 Å². The van der Waals surface area contributed by atoms with Crippen LogP contribution in [0.25, 0.3) is 0 Å². The number of hydrogen-bond acceptors (Lipinski definition) is 5. The Labute approximate surface area is 100 Å². The van der Waals surface area contributed by atoms with E-state index in [1.54, 1.807) is 20.3 Å². The molecule has 0 aliphatic heterocycles. The van der Waals surface area contributed by atoms with Gasteiger partial charge in [0.25, 0.3) is 0 Å². The fourth-order valence-electron chi connectivity index (χ4n) is 1.36. The lowest BCUT2D eigenvalue weighted by molar-refractivity contribution is -0.0989. The third-order valence-electron chi connectivity index (χ3n) is 2.30. The molecule has 0 radical (unpaired) electrons. The fourth-order valence-corrected chi connectivity index (χ4v) is 1.36. The Morgan fingerprint density at radius 1 is 1.35 bits per heavy atom. The van der Waals surface area contributed by atoms with E-state index in [1.807, 2.05) is 6.07 Å². The van der Waals surface area contributed by atoms with Crippen LogP contribution in [0.3, 0.4) is 0 Å². The summed E-state index contributed by atoms with van der Waals surface area (Å²) in [7, 11) is 4.52. The number of carbonyl (C=O) groups excluding carboxylic acids is 1. The van der Waals surface area contributed by atoms with Gasteiger partial charge >= 0.3 is 5.97 Å². The van der Waals surface area contributed by atoms with Crippen molar-refractivity contribution in [3.05, 3.63) is 23.5 Å². The van der Waals surface area contributed by atoms with Crippen LogP contribution in [0.1, 0.15) is 16.2 Å². The summed E-state index contributed by atoms with van der Waals surface area (Å²) in [5.41, 5.74) is 1.34. The van der Waals surface area contributed by atoms with E-state index in [4.69, 9.17) is 9.47 Å². The number of methoxy groups -OCH3 is 3. The van der Waals surface area contributed by atoms with Gasteiger partial charge in [0.1, 0.15) is 5.69 Å². The van der Waals surface area contributed by atoms with Crippen LogP contribution in [0.15, 0.2) is 12.1 Å². The Morgan fingerprint density at radius 3 is 2.65 bits per heavy atom. The van der Waals surface area contributed by atoms with E-state index >= 15 is 0 Å². The smallest absolute Gasteiger partial charge is 0.354 e. The number of rotatable bonds is 7. The average molecular weight is 242 g/mol. The number of ether oxygens (including phenoxy) is 3. The molecule has 96 valence electrons. The number of hydrogen-bond donors (Lipinski definition) is 2. The topological polar surface area (TPSA) is 72.6 Å². The van der Waals surface area contributed by atoms with Crippen molar-refractivity contribution in [2.24, 2.45) is 0 Å². The van der Waals surface area contributed by atoms with Crippen LogP contribution in [0.5, 0.6) is 0 Å². The summed E-state index contributed by atoms with van der Waals surface area (Å²) in [5, 5.41) is 3.14. The highest BCUT2D eigenvalue weighted by Crippen LogP contribution is 2.03. The first-order chi connectivity index (χ1) is 8.21. The Balaban J connectivity index is 2.37. The largest absolute Gasteiger partial charge is 0.464 e. The molecule has 0 aromatic carbocycles. The van der Waals surface area contributed by atoms with Gasteiger partial charge in [-0.2, -0.15) is 0 Å². The van der Waals surface area contributed by atoms with Crippen LogP contribution < -0.4 is 5.32 Å². The van der Waals surface area contributed by atoms with Crippen molar-refractivity contribution < 1.29 is 19.0 Å². The quantitative estimate of drug-likeness (QED) is 0.538. The molecule has 0 saturated carbocycles. The van der Waals surface area contributed by atoms with Crippen LogP contribution in [-0.2, 0) is 20.8 Å². The second kappa shape index (κ2) is 7.05. The number of carbonyl (C=O) groups is 1. The van der Waals surface area contributed by atoms with Crippen molar-refractivity contribution in [2.45, 2.75) is 12.8 Å². The molecule has 0 aliphatic rings. The summed E-state index contributed by atoms with van der Waals surface area (Å²) in [6, 6.07) is 3.51. The summed E-state index contributed by atoms with van der Waals surface area (Å²) < 4.78 is 14.7. The second-order valence-electron chi connectivity index (χ2n) is 3.42. The van der Waals surface area contributed by atoms with Crippen molar-refractivity contribution in [1.29, 1.82) is 0 Å². The van der Waals surface area contributed by atoms with Gasteiger partial charge in [0.15, 0.2) is 6.29 Å². The van der Waals surface area contributed by atoms with Gasteiger partial charge in [0, 0.05) is 33.0 Å². The maximum Gasteiger partial charge on any atom is 0.354 e. The van der Waals surface area contributed by atoms with E-state index in [-0.39, 0.29) is 12.3 Å². The monoisotopic (exact) mass is 242 g/mol. The number of H-pyrrole nitrogens is 1. The van der Waals surface area contributed by atoms with Crippen molar-refractivity contribution >= 4 is 5.97 Å². The van der Waals surface area contributed by atoms with Gasteiger partial charge in [-0.25, -0.2) is 4.79 Å². The van der Waals surface area contributed by atoms with Crippen molar-refractivity contribution in [2.75, 3.05) is 27.9 Å². The molecule has 0 amide bonds. The zero-order valence-corrected chi connectivity index (χ0v) is 10.3. The summed E-state index contributed by atoms with van der Waals surface area (Å²) in [6.45, 7) is 1.17. The molecule has 6 heteroatoms. The Morgan fingerprint density at radius 2 is 2.06 bits per heavy atom. The number of esters is 1. The molecular weight excluding hydrogens is 224 g/mol. The molecule has 0 atom stereocenters. The van der Waals surface area contributed by atoms with E-state index in [0.29, 0.717) is 18.8 Å². The van der Waals surface area contributed by atoms with E-state index in [9.17, 15) is 4.79 Å². The predicted octanol–water partition coefficient (Wildman–Crippen LogP) is 0.510. The molecule has 1 rings (SSSR count). The third kappa shape index (κ3) is 4.18. The first kappa shape index (κ1) is 13.7. The van der Waals surface area contributed by atoms with Gasteiger partial charge < -0.3 is 24.5 Å². The number of aromatic amines is 1. The van der Waals surface area contributed by atoms with E-state index in [2.05, 4.69) is 15.0 Å². The summed E-state index contributed by atoms with van der Waals surface area (Å²) >= 11 is 0. The van der Waals surface area contributed by atoms with Crippen LogP contribution in [-0.4, -0.2) is 45.1 Å². The lowest BCUT2D eigenvalue weighted by Gasteiger charge is -2.13. The molecule has 17 heavy (non-hydrogen) atoms. The Hall–Kier alpha value is -1.37. The number of nitrogens with one attached hydrogen (secondary N) is 2. The molecule has 0 unspecified atom stereocenters. The molecule has 0 spiro atoms. The zero-order valence-electron chi connectivity index (χ0n) is 10.3. The maximum atomic E-state index is 11.2. The zero-order chi connectivity index (χ0) is 12.7. The molecule has 6 nitrogen and oxygen atoms in total. The minimum atomic E-state index is -0.372. The van der Waals surface area contributed by atoms with Crippen LogP contribution in [0.2, 0.25) is 0 Å². The normalized spacial score (nSPS) is 10.8. The van der Waals surface area contributed by atoms with Gasteiger partial charge in [-0.3, -0.25) is 0 Å².